The van der Waals surface area contributed by atoms with Gasteiger partial charge in [-0.3, -0.25) is 14.5 Å². The monoisotopic (exact) mass is 353 g/mol. The molecule has 25 heavy (non-hydrogen) atoms. The van der Waals surface area contributed by atoms with Crippen LogP contribution < -0.4 is 0 Å². The van der Waals surface area contributed by atoms with E-state index in [1.165, 1.54) is 0 Å². The summed E-state index contributed by atoms with van der Waals surface area (Å²) in [4.78, 5) is 37.9. The fraction of sp³-hybridized carbons (Fsp3) is 0.158. The predicted octanol–water partition coefficient (Wildman–Crippen LogP) is 2.72. The second-order valence-corrected chi connectivity index (χ2v) is 6.16. The maximum absolute atomic E-state index is 12.5. The summed E-state index contributed by atoms with van der Waals surface area (Å²) < 4.78 is 0. The van der Waals surface area contributed by atoms with Crippen LogP contribution in [-0.2, 0) is 14.4 Å². The van der Waals surface area contributed by atoms with Gasteiger partial charge in [-0.1, -0.05) is 72.9 Å². The van der Waals surface area contributed by atoms with Crippen molar-refractivity contribution in [3.8, 4) is 0 Å². The van der Waals surface area contributed by atoms with Crippen LogP contribution in [0.2, 0.25) is 0 Å². The molecule has 0 saturated carbocycles. The summed E-state index contributed by atoms with van der Waals surface area (Å²) in [5.74, 6) is -2.88. The molecule has 1 aliphatic heterocycles. The molecule has 1 aliphatic rings. The molecule has 0 radical (unpaired) electrons. The van der Waals surface area contributed by atoms with Crippen LogP contribution in [0.1, 0.15) is 29.5 Å². The number of ketones is 1. The Hall–Kier alpha value is -2.86. The highest BCUT2D eigenvalue weighted by atomic mass is 32.1. The molecule has 0 aliphatic carbocycles. The van der Waals surface area contributed by atoms with Crippen LogP contribution in [0, 0.1) is 0 Å². The maximum atomic E-state index is 12.5. The summed E-state index contributed by atoms with van der Waals surface area (Å²) >= 11 is 5.40. The Morgan fingerprint density at radius 3 is 2.16 bits per heavy atom. The number of hydrogen-bond acceptors (Lipinski definition) is 4. The lowest BCUT2D eigenvalue weighted by Gasteiger charge is -2.36. The minimum absolute atomic E-state index is 0.0312. The van der Waals surface area contributed by atoms with Crippen LogP contribution in [0.5, 0.6) is 0 Å². The Kier molecular flexibility index (Phi) is 4.72. The first-order valence-electron chi connectivity index (χ1n) is 7.72. The Bertz CT molecular complexity index is 835. The van der Waals surface area contributed by atoms with Crippen molar-refractivity contribution in [3.63, 3.8) is 0 Å². The van der Waals surface area contributed by atoms with Crippen molar-refractivity contribution in [1.82, 2.24) is 4.90 Å². The molecular weight excluding hydrogens is 338 g/mol. The molecule has 1 saturated heterocycles. The van der Waals surface area contributed by atoms with Crippen molar-refractivity contribution in [1.29, 1.82) is 0 Å². The van der Waals surface area contributed by atoms with Crippen LogP contribution in [0.3, 0.4) is 0 Å². The van der Waals surface area contributed by atoms with Crippen molar-refractivity contribution in [2.24, 2.45) is 0 Å². The van der Waals surface area contributed by atoms with Crippen LogP contribution in [-0.4, -0.2) is 32.7 Å². The van der Waals surface area contributed by atoms with E-state index in [0.717, 1.165) is 4.90 Å². The number of aliphatic carboxylic acids is 1. The molecule has 0 spiro atoms. The SMILES string of the molecule is O=C1CC(=O)N(C(C(=O)O)c2ccccc2)C(=S)C1c1ccccc1. The van der Waals surface area contributed by atoms with E-state index in [-0.39, 0.29) is 17.2 Å². The summed E-state index contributed by atoms with van der Waals surface area (Å²) in [6.07, 6.45) is -0.365. The minimum atomic E-state index is -1.25. The molecule has 2 aromatic rings. The molecule has 6 heteroatoms. The van der Waals surface area contributed by atoms with Crippen LogP contribution in [0.4, 0.5) is 0 Å². The topological polar surface area (TPSA) is 74.7 Å². The lowest BCUT2D eigenvalue weighted by Crippen LogP contribution is -2.50. The van der Waals surface area contributed by atoms with E-state index in [4.69, 9.17) is 12.2 Å². The van der Waals surface area contributed by atoms with Gasteiger partial charge in [0.05, 0.1) is 12.3 Å². The zero-order valence-corrected chi connectivity index (χ0v) is 14.0. The molecule has 2 aromatic carbocycles. The van der Waals surface area contributed by atoms with Crippen LogP contribution in [0.25, 0.3) is 0 Å². The molecule has 0 aromatic heterocycles. The van der Waals surface area contributed by atoms with Gasteiger partial charge in [-0.2, -0.15) is 0 Å². The summed E-state index contributed by atoms with van der Waals surface area (Å²) in [5.41, 5.74) is 1.10. The zero-order chi connectivity index (χ0) is 18.0. The first kappa shape index (κ1) is 17.0. The normalized spacial score (nSPS) is 19.0. The summed E-state index contributed by atoms with van der Waals surface area (Å²) in [6.45, 7) is 0. The standard InChI is InChI=1S/C19H15NO4S/c21-14-11-15(22)20(17(19(23)24)13-9-5-2-6-10-13)18(25)16(14)12-7-3-1-4-8-12/h1-10,16-17H,11H2,(H,23,24). The van der Waals surface area contributed by atoms with E-state index in [1.54, 1.807) is 54.6 Å². The third-order valence-corrected chi connectivity index (χ3v) is 4.57. The molecule has 1 heterocycles. The Morgan fingerprint density at radius 2 is 1.60 bits per heavy atom. The molecule has 3 rings (SSSR count). The second kappa shape index (κ2) is 6.94. The van der Waals surface area contributed by atoms with Crippen molar-refractivity contribution in [3.05, 3.63) is 71.8 Å². The number of nitrogens with zero attached hydrogens (tertiary/aromatic N) is 1. The van der Waals surface area contributed by atoms with Gasteiger partial charge < -0.3 is 5.11 Å². The van der Waals surface area contributed by atoms with Gasteiger partial charge >= 0.3 is 5.97 Å². The second-order valence-electron chi connectivity index (χ2n) is 5.74. The molecule has 1 fully saturated rings. The van der Waals surface area contributed by atoms with Gasteiger partial charge in [-0.25, -0.2) is 4.79 Å². The first-order valence-corrected chi connectivity index (χ1v) is 8.13. The molecule has 1 N–H and O–H groups in total. The minimum Gasteiger partial charge on any atom is -0.479 e. The van der Waals surface area contributed by atoms with Crippen molar-refractivity contribution in [2.75, 3.05) is 0 Å². The van der Waals surface area contributed by atoms with Gasteiger partial charge in [0.2, 0.25) is 5.91 Å². The lowest BCUT2D eigenvalue weighted by molar-refractivity contribution is -0.149. The highest BCUT2D eigenvalue weighted by molar-refractivity contribution is 7.80. The molecule has 2 unspecified atom stereocenters. The van der Waals surface area contributed by atoms with E-state index in [2.05, 4.69) is 0 Å². The third-order valence-electron chi connectivity index (χ3n) is 4.14. The van der Waals surface area contributed by atoms with E-state index in [9.17, 15) is 19.5 Å². The molecule has 1 amide bonds. The molecule has 5 nitrogen and oxygen atoms in total. The average Bonchev–Trinajstić information content (AvgIpc) is 2.59. The highest BCUT2D eigenvalue weighted by Crippen LogP contribution is 2.33. The van der Waals surface area contributed by atoms with Crippen molar-refractivity contribution >= 4 is 34.9 Å². The summed E-state index contributed by atoms with van der Waals surface area (Å²) in [7, 11) is 0. The average molecular weight is 353 g/mol. The van der Waals surface area contributed by atoms with Crippen LogP contribution in [0.15, 0.2) is 60.7 Å². The number of carboxylic acids is 1. The number of piperidine rings is 1. The molecule has 2 atom stereocenters. The largest absolute Gasteiger partial charge is 0.479 e. The number of carbonyl (C=O) groups excluding carboxylic acids is 2. The number of carboxylic acid groups (broad SMARTS) is 1. The van der Waals surface area contributed by atoms with Gasteiger partial charge in [-0.15, -0.1) is 0 Å². The van der Waals surface area contributed by atoms with Gasteiger partial charge in [0.25, 0.3) is 0 Å². The fourth-order valence-corrected chi connectivity index (χ4v) is 3.49. The fourth-order valence-electron chi connectivity index (χ4n) is 3.02. The Morgan fingerprint density at radius 1 is 1.04 bits per heavy atom. The van der Waals surface area contributed by atoms with E-state index < -0.39 is 23.8 Å². The number of rotatable bonds is 4. The quantitative estimate of drug-likeness (QED) is 0.676. The Labute approximate surface area is 149 Å². The number of benzene rings is 2. The summed E-state index contributed by atoms with van der Waals surface area (Å²) in [5, 5.41) is 9.70. The number of amides is 1. The van der Waals surface area contributed by atoms with Crippen LogP contribution >= 0.6 is 12.2 Å². The highest BCUT2D eigenvalue weighted by Gasteiger charge is 2.44. The number of hydrogen-bond donors (Lipinski definition) is 1. The zero-order valence-electron chi connectivity index (χ0n) is 13.2. The lowest BCUT2D eigenvalue weighted by atomic mass is 9.87. The maximum Gasteiger partial charge on any atom is 0.331 e. The van der Waals surface area contributed by atoms with Crippen molar-refractivity contribution < 1.29 is 19.5 Å². The van der Waals surface area contributed by atoms with E-state index in [1.807, 2.05) is 6.07 Å². The molecular formula is C19H15NO4S. The van der Waals surface area contributed by atoms with E-state index in [0.29, 0.717) is 11.1 Å². The third kappa shape index (κ3) is 3.21. The summed E-state index contributed by atoms with van der Waals surface area (Å²) in [6, 6.07) is 16.0. The van der Waals surface area contributed by atoms with Gasteiger partial charge in [0.15, 0.2) is 11.8 Å². The molecule has 126 valence electrons. The number of Topliss-reactive ketones (excluding diaryl/α,β-unsaturated/α-hetero) is 1. The molecule has 0 bridgehead atoms. The van der Waals surface area contributed by atoms with E-state index >= 15 is 0 Å². The van der Waals surface area contributed by atoms with Gasteiger partial charge in [-0.05, 0) is 11.1 Å². The first-order chi connectivity index (χ1) is 12.0. The van der Waals surface area contributed by atoms with Crippen molar-refractivity contribution in [2.45, 2.75) is 18.4 Å². The Balaban J connectivity index is 2.04. The number of carbonyl (C=O) groups is 3. The van der Waals surface area contributed by atoms with Gasteiger partial charge in [0.1, 0.15) is 4.99 Å². The number of likely N-dealkylation sites (tertiary alicyclic amines) is 1. The van der Waals surface area contributed by atoms with Gasteiger partial charge in [0, 0.05) is 0 Å². The smallest absolute Gasteiger partial charge is 0.331 e. The number of thiocarbonyl (C=S) groups is 1. The predicted molar refractivity (Wildman–Crippen MR) is 95.1 cm³/mol.